The molecule has 31 heavy (non-hydrogen) atoms. The number of rotatable bonds is 3. The van der Waals surface area contributed by atoms with Gasteiger partial charge in [0.25, 0.3) is 11.5 Å². The molecule has 0 spiro atoms. The van der Waals surface area contributed by atoms with Crippen molar-refractivity contribution in [2.45, 2.75) is 6.92 Å². The highest BCUT2D eigenvalue weighted by Crippen LogP contribution is 2.28. The lowest BCUT2D eigenvalue weighted by molar-refractivity contribution is 0.102. The van der Waals surface area contributed by atoms with Crippen LogP contribution in [0.3, 0.4) is 0 Å². The van der Waals surface area contributed by atoms with Crippen LogP contribution in [0.4, 0.5) is 5.82 Å². The van der Waals surface area contributed by atoms with Crippen molar-refractivity contribution in [1.29, 1.82) is 0 Å². The number of nitrogens with one attached hydrogen (secondary N) is 2. The van der Waals surface area contributed by atoms with Gasteiger partial charge in [0.2, 0.25) is 0 Å². The van der Waals surface area contributed by atoms with Gasteiger partial charge in [0.05, 0.1) is 5.69 Å². The van der Waals surface area contributed by atoms with E-state index < -0.39 is 0 Å². The predicted octanol–water partition coefficient (Wildman–Crippen LogP) is 3.98. The van der Waals surface area contributed by atoms with Crippen molar-refractivity contribution in [3.63, 3.8) is 0 Å². The van der Waals surface area contributed by atoms with Crippen molar-refractivity contribution < 1.29 is 4.79 Å². The van der Waals surface area contributed by atoms with Gasteiger partial charge in [-0.3, -0.25) is 9.59 Å². The monoisotopic (exact) mass is 411 g/mol. The van der Waals surface area contributed by atoms with Crippen LogP contribution in [0.1, 0.15) is 15.9 Å². The summed E-state index contributed by atoms with van der Waals surface area (Å²) in [6, 6.07) is 13.2. The number of H-pyrrole nitrogens is 1. The first-order valence-electron chi connectivity index (χ1n) is 9.93. The molecule has 1 amide bonds. The van der Waals surface area contributed by atoms with Crippen LogP contribution in [0, 0.1) is 6.92 Å². The van der Waals surface area contributed by atoms with Crippen LogP contribution < -0.4 is 10.9 Å². The average Bonchev–Trinajstić information content (AvgIpc) is 3.39. The van der Waals surface area contributed by atoms with Gasteiger partial charge >= 0.3 is 0 Å². The molecule has 0 saturated carbocycles. The highest BCUT2D eigenvalue weighted by atomic mass is 16.1. The molecule has 0 aliphatic heterocycles. The molecule has 7 heteroatoms. The molecule has 0 saturated heterocycles. The average molecular weight is 411 g/mol. The highest BCUT2D eigenvalue weighted by molar-refractivity contribution is 6.06. The Bertz CT molecular complexity index is 1540. The van der Waals surface area contributed by atoms with Crippen LogP contribution in [0.2, 0.25) is 0 Å². The van der Waals surface area contributed by atoms with Crippen molar-refractivity contribution in [3.8, 4) is 11.3 Å². The molecule has 0 radical (unpaired) electrons. The zero-order valence-corrected chi connectivity index (χ0v) is 17.4. The summed E-state index contributed by atoms with van der Waals surface area (Å²) in [6.45, 7) is 1.96. The smallest absolute Gasteiger partial charge is 0.274 e. The second kappa shape index (κ2) is 6.98. The first-order valence-corrected chi connectivity index (χ1v) is 9.93. The van der Waals surface area contributed by atoms with Crippen LogP contribution in [0.25, 0.3) is 33.1 Å². The third-order valence-corrected chi connectivity index (χ3v) is 5.64. The summed E-state index contributed by atoms with van der Waals surface area (Å²) < 4.78 is 3.55. The molecule has 4 aromatic heterocycles. The van der Waals surface area contributed by atoms with Gasteiger partial charge in [0, 0.05) is 60.1 Å². The van der Waals surface area contributed by atoms with E-state index in [1.54, 1.807) is 25.5 Å². The number of fused-ring (bicyclic) bond motifs is 2. The highest BCUT2D eigenvalue weighted by Gasteiger charge is 2.15. The first kappa shape index (κ1) is 18.9. The normalized spacial score (nSPS) is 11.3. The lowest BCUT2D eigenvalue weighted by Crippen LogP contribution is -2.17. The third-order valence-electron chi connectivity index (χ3n) is 5.64. The maximum Gasteiger partial charge on any atom is 0.274 e. The summed E-state index contributed by atoms with van der Waals surface area (Å²) >= 11 is 0. The van der Waals surface area contributed by atoms with Gasteiger partial charge in [-0.25, -0.2) is 4.98 Å². The molecule has 0 aliphatic rings. The van der Waals surface area contributed by atoms with E-state index in [9.17, 15) is 9.59 Å². The minimum atomic E-state index is -0.222. The minimum absolute atomic E-state index is 0.0952. The molecule has 5 aromatic rings. The summed E-state index contributed by atoms with van der Waals surface area (Å²) in [5.41, 5.74) is 4.57. The Hall–Kier alpha value is -4.13. The molecule has 2 N–H and O–H groups in total. The number of aromatic nitrogens is 4. The van der Waals surface area contributed by atoms with Crippen LogP contribution in [0.5, 0.6) is 0 Å². The molecule has 0 aliphatic carbocycles. The van der Waals surface area contributed by atoms with E-state index >= 15 is 0 Å². The number of hydrogen-bond donors (Lipinski definition) is 2. The van der Waals surface area contributed by atoms with Crippen LogP contribution in [0.15, 0.2) is 65.8 Å². The fraction of sp³-hybridized carbons (Fsp3) is 0.125. The summed E-state index contributed by atoms with van der Waals surface area (Å²) in [5, 5.41) is 4.71. The van der Waals surface area contributed by atoms with E-state index in [-0.39, 0.29) is 11.5 Å². The van der Waals surface area contributed by atoms with Gasteiger partial charge < -0.3 is 19.4 Å². The number of carbonyl (C=O) groups is 1. The van der Waals surface area contributed by atoms with Gasteiger partial charge in [0.1, 0.15) is 11.3 Å². The Balaban J connectivity index is 1.53. The molecule has 154 valence electrons. The minimum Gasteiger partial charge on any atom is -0.357 e. The van der Waals surface area contributed by atoms with E-state index in [0.29, 0.717) is 16.9 Å². The number of hydrogen-bond acceptors (Lipinski definition) is 3. The Labute approximate surface area is 178 Å². The first-order chi connectivity index (χ1) is 14.9. The topological polar surface area (TPSA) is 84.7 Å². The van der Waals surface area contributed by atoms with E-state index in [0.717, 1.165) is 33.1 Å². The van der Waals surface area contributed by atoms with Gasteiger partial charge in [-0.2, -0.15) is 0 Å². The standard InChI is InChI=1S/C24H21N5O2/c1-14-4-7-20(27-23(30)16-5-6-19-15(12-16)9-11-28(19)2)26-21(14)18-13-29(3)24(31)22-17(18)8-10-25-22/h4-13,25H,1-3H3,(H,26,27,30). The molecule has 0 fully saturated rings. The molecular weight excluding hydrogens is 390 g/mol. The summed E-state index contributed by atoms with van der Waals surface area (Å²) in [5.74, 6) is 0.233. The maximum atomic E-state index is 12.9. The number of aryl methyl sites for hydroxylation is 3. The third kappa shape index (κ3) is 3.11. The molecular formula is C24H21N5O2. The summed E-state index contributed by atoms with van der Waals surface area (Å²) in [7, 11) is 3.69. The van der Waals surface area contributed by atoms with E-state index in [2.05, 4.69) is 10.3 Å². The van der Waals surface area contributed by atoms with E-state index in [1.807, 2.05) is 61.1 Å². The number of pyridine rings is 2. The predicted molar refractivity (Wildman–Crippen MR) is 122 cm³/mol. The van der Waals surface area contributed by atoms with E-state index in [4.69, 9.17) is 4.98 Å². The van der Waals surface area contributed by atoms with Crippen molar-refractivity contribution in [2.24, 2.45) is 14.1 Å². The number of amides is 1. The lowest BCUT2D eigenvalue weighted by Gasteiger charge is -2.12. The van der Waals surface area contributed by atoms with Crippen molar-refractivity contribution in [1.82, 2.24) is 19.1 Å². The Morgan fingerprint density at radius 3 is 2.74 bits per heavy atom. The molecule has 1 aromatic carbocycles. The fourth-order valence-corrected chi connectivity index (χ4v) is 3.94. The van der Waals surface area contributed by atoms with Gasteiger partial charge in [0.15, 0.2) is 0 Å². The zero-order chi connectivity index (χ0) is 21.7. The van der Waals surface area contributed by atoms with Gasteiger partial charge in [-0.15, -0.1) is 0 Å². The quantitative estimate of drug-likeness (QED) is 0.471. The van der Waals surface area contributed by atoms with Gasteiger partial charge in [-0.05, 0) is 48.9 Å². The van der Waals surface area contributed by atoms with Crippen LogP contribution in [-0.4, -0.2) is 25.0 Å². The summed E-state index contributed by atoms with van der Waals surface area (Å²) in [6.07, 6.45) is 5.49. The molecule has 0 atom stereocenters. The lowest BCUT2D eigenvalue weighted by atomic mass is 10.0. The molecule has 0 bridgehead atoms. The van der Waals surface area contributed by atoms with Crippen LogP contribution in [-0.2, 0) is 14.1 Å². The Morgan fingerprint density at radius 1 is 1.06 bits per heavy atom. The van der Waals surface area contributed by atoms with E-state index in [1.165, 1.54) is 4.57 Å². The summed E-state index contributed by atoms with van der Waals surface area (Å²) in [4.78, 5) is 33.0. The number of anilines is 1. The van der Waals surface area contributed by atoms with Crippen molar-refractivity contribution in [2.75, 3.05) is 5.32 Å². The van der Waals surface area contributed by atoms with Crippen molar-refractivity contribution >= 4 is 33.5 Å². The van der Waals surface area contributed by atoms with Crippen molar-refractivity contribution in [3.05, 3.63) is 82.5 Å². The van der Waals surface area contributed by atoms with Gasteiger partial charge in [-0.1, -0.05) is 6.07 Å². The Kier molecular flexibility index (Phi) is 4.25. The SMILES string of the molecule is Cc1ccc(NC(=O)c2ccc3c(ccn3C)c2)nc1-c1cn(C)c(=O)c2[nH]ccc12. The molecule has 7 nitrogen and oxygen atoms in total. The largest absolute Gasteiger partial charge is 0.357 e. The second-order valence-corrected chi connectivity index (χ2v) is 7.74. The molecule has 4 heterocycles. The molecule has 5 rings (SSSR count). The number of benzene rings is 1. The zero-order valence-electron chi connectivity index (χ0n) is 17.4. The maximum absolute atomic E-state index is 12.9. The fourth-order valence-electron chi connectivity index (χ4n) is 3.94. The van der Waals surface area contributed by atoms with Crippen LogP contribution >= 0.6 is 0 Å². The number of nitrogens with zero attached hydrogens (tertiary/aromatic N) is 3. The Morgan fingerprint density at radius 2 is 1.90 bits per heavy atom. The number of carbonyl (C=O) groups excluding carboxylic acids is 1. The second-order valence-electron chi connectivity index (χ2n) is 7.74. The molecule has 0 unspecified atom stereocenters. The number of aromatic amines is 1.